The third-order valence-electron chi connectivity index (χ3n) is 5.41. The number of hydrogen-bond acceptors (Lipinski definition) is 6. The van der Waals surface area contributed by atoms with Crippen molar-refractivity contribution in [1.29, 1.82) is 0 Å². The molecule has 0 fully saturated rings. The van der Waals surface area contributed by atoms with Crippen molar-refractivity contribution in [3.8, 4) is 11.5 Å². The molecule has 0 unspecified atom stereocenters. The summed E-state index contributed by atoms with van der Waals surface area (Å²) in [5.41, 5.74) is 5.28. The van der Waals surface area contributed by atoms with Crippen LogP contribution in [0.3, 0.4) is 0 Å². The largest absolute Gasteiger partial charge is 0.493 e. The number of aryl methyl sites for hydroxylation is 2. The van der Waals surface area contributed by atoms with Crippen molar-refractivity contribution in [2.24, 2.45) is 5.10 Å². The van der Waals surface area contributed by atoms with E-state index in [-0.39, 0.29) is 4.90 Å². The number of nitrogens with zero attached hydrogens (tertiary/aromatic N) is 2. The predicted molar refractivity (Wildman–Crippen MR) is 146 cm³/mol. The Labute approximate surface area is 222 Å². The number of benzene rings is 3. The molecule has 3 aromatic rings. The minimum absolute atomic E-state index is 0.0114. The van der Waals surface area contributed by atoms with Gasteiger partial charge in [-0.05, 0) is 85.1 Å². The first-order valence-electron chi connectivity index (χ1n) is 11.2. The number of hydrazone groups is 1. The van der Waals surface area contributed by atoms with Crippen molar-refractivity contribution in [2.75, 3.05) is 24.6 Å². The van der Waals surface area contributed by atoms with E-state index in [1.54, 1.807) is 42.5 Å². The van der Waals surface area contributed by atoms with Gasteiger partial charge >= 0.3 is 0 Å². The molecule has 0 spiro atoms. The zero-order chi connectivity index (χ0) is 27.0. The van der Waals surface area contributed by atoms with Crippen LogP contribution in [0.5, 0.6) is 11.5 Å². The molecular weight excluding hydrogens is 514 g/mol. The van der Waals surface area contributed by atoms with Gasteiger partial charge in [-0.3, -0.25) is 9.10 Å². The third kappa shape index (κ3) is 7.12. The number of hydrogen-bond donors (Lipinski definition) is 1. The molecule has 37 heavy (non-hydrogen) atoms. The van der Waals surface area contributed by atoms with Crippen molar-refractivity contribution >= 4 is 39.4 Å². The summed E-state index contributed by atoms with van der Waals surface area (Å²) in [7, 11) is -2.55. The maximum Gasteiger partial charge on any atom is 0.264 e. The van der Waals surface area contributed by atoms with Crippen LogP contribution in [0.4, 0.5) is 5.69 Å². The third-order valence-corrected chi connectivity index (χ3v) is 7.45. The number of carbonyl (C=O) groups excluding carboxylic acids is 1. The van der Waals surface area contributed by atoms with Crippen LogP contribution in [0.25, 0.3) is 0 Å². The van der Waals surface area contributed by atoms with Crippen LogP contribution >= 0.6 is 11.6 Å². The molecule has 0 bridgehead atoms. The van der Waals surface area contributed by atoms with Gasteiger partial charge in [-0.25, -0.2) is 13.8 Å². The number of rotatable bonds is 11. The zero-order valence-corrected chi connectivity index (χ0v) is 22.3. The van der Waals surface area contributed by atoms with Crippen LogP contribution < -0.4 is 19.2 Å². The van der Waals surface area contributed by atoms with Crippen LogP contribution in [-0.2, 0) is 14.8 Å². The molecule has 10 heteroatoms. The fraction of sp³-hybridized carbons (Fsp3) is 0.185. The first-order valence-corrected chi connectivity index (χ1v) is 13.1. The van der Waals surface area contributed by atoms with Crippen molar-refractivity contribution in [2.45, 2.75) is 18.7 Å². The number of ether oxygens (including phenoxy) is 2. The lowest BCUT2D eigenvalue weighted by Gasteiger charge is -2.24. The molecule has 0 aliphatic carbocycles. The Hall–Kier alpha value is -3.82. The van der Waals surface area contributed by atoms with Gasteiger partial charge in [-0.1, -0.05) is 30.3 Å². The molecule has 3 rings (SSSR count). The van der Waals surface area contributed by atoms with E-state index < -0.39 is 22.5 Å². The van der Waals surface area contributed by atoms with Crippen molar-refractivity contribution < 1.29 is 22.7 Å². The van der Waals surface area contributed by atoms with E-state index >= 15 is 0 Å². The number of carbonyl (C=O) groups is 1. The molecule has 0 aromatic heterocycles. The first-order chi connectivity index (χ1) is 17.6. The highest BCUT2D eigenvalue weighted by molar-refractivity contribution is 7.92. The molecule has 194 valence electrons. The van der Waals surface area contributed by atoms with Crippen LogP contribution in [0.2, 0.25) is 5.02 Å². The molecule has 0 saturated heterocycles. The van der Waals surface area contributed by atoms with E-state index in [9.17, 15) is 13.2 Å². The van der Waals surface area contributed by atoms with Crippen LogP contribution in [0.1, 0.15) is 16.7 Å². The maximum absolute atomic E-state index is 13.5. The Bertz CT molecular complexity index is 1410. The normalized spacial score (nSPS) is 11.2. The van der Waals surface area contributed by atoms with Crippen LogP contribution in [0, 0.1) is 13.8 Å². The van der Waals surface area contributed by atoms with Gasteiger partial charge in [0.05, 0.1) is 23.9 Å². The average Bonchev–Trinajstić information content (AvgIpc) is 2.88. The van der Waals surface area contributed by atoms with E-state index in [1.165, 1.54) is 37.6 Å². The Morgan fingerprint density at radius 3 is 2.43 bits per heavy atom. The lowest BCUT2D eigenvalue weighted by Crippen LogP contribution is -2.39. The number of methoxy groups -OCH3 is 1. The first kappa shape index (κ1) is 27.8. The minimum atomic E-state index is -4.07. The van der Waals surface area contributed by atoms with Gasteiger partial charge < -0.3 is 9.47 Å². The number of anilines is 1. The molecule has 0 aliphatic rings. The molecule has 8 nitrogen and oxygen atoms in total. The second kappa shape index (κ2) is 12.4. The highest BCUT2D eigenvalue weighted by Crippen LogP contribution is 2.28. The van der Waals surface area contributed by atoms with Gasteiger partial charge in [0.25, 0.3) is 15.9 Å². The number of sulfonamides is 1. The zero-order valence-electron chi connectivity index (χ0n) is 20.8. The lowest BCUT2D eigenvalue weighted by molar-refractivity contribution is -0.119. The van der Waals surface area contributed by atoms with Gasteiger partial charge in [0.2, 0.25) is 0 Å². The Balaban J connectivity index is 1.81. The highest BCUT2D eigenvalue weighted by Gasteiger charge is 2.27. The summed E-state index contributed by atoms with van der Waals surface area (Å²) in [5.74, 6) is 0.414. The fourth-order valence-electron chi connectivity index (χ4n) is 3.31. The Kier molecular flexibility index (Phi) is 9.32. The summed E-state index contributed by atoms with van der Waals surface area (Å²) in [6.07, 6.45) is 3.05. The average molecular weight is 542 g/mol. The van der Waals surface area contributed by atoms with Gasteiger partial charge in [0.1, 0.15) is 13.2 Å². The molecule has 3 aromatic carbocycles. The summed E-state index contributed by atoms with van der Waals surface area (Å²) in [6, 6.07) is 16.1. The highest BCUT2D eigenvalue weighted by atomic mass is 35.5. The predicted octanol–water partition coefficient (Wildman–Crippen LogP) is 4.88. The molecule has 0 atom stereocenters. The van der Waals surface area contributed by atoms with E-state index in [1.807, 2.05) is 13.8 Å². The smallest absolute Gasteiger partial charge is 0.264 e. The van der Waals surface area contributed by atoms with Crippen molar-refractivity contribution in [3.05, 3.63) is 95.0 Å². The van der Waals surface area contributed by atoms with Crippen LogP contribution in [-0.4, -0.2) is 40.8 Å². The Morgan fingerprint density at radius 2 is 1.78 bits per heavy atom. The summed E-state index contributed by atoms with van der Waals surface area (Å²) in [4.78, 5) is 12.8. The molecule has 0 radical (unpaired) electrons. The van der Waals surface area contributed by atoms with Crippen molar-refractivity contribution in [3.63, 3.8) is 0 Å². The van der Waals surface area contributed by atoms with E-state index in [0.29, 0.717) is 34.4 Å². The van der Waals surface area contributed by atoms with E-state index in [0.717, 1.165) is 15.4 Å². The summed E-state index contributed by atoms with van der Waals surface area (Å²) in [5, 5.41) is 4.38. The quantitative estimate of drug-likeness (QED) is 0.212. The molecule has 0 aliphatic heterocycles. The van der Waals surface area contributed by atoms with E-state index in [4.69, 9.17) is 21.1 Å². The van der Waals surface area contributed by atoms with Crippen LogP contribution in [0.15, 0.2) is 83.3 Å². The topological polar surface area (TPSA) is 97.3 Å². The van der Waals surface area contributed by atoms with E-state index in [2.05, 4.69) is 17.1 Å². The second-order valence-corrected chi connectivity index (χ2v) is 10.3. The molecule has 1 N–H and O–H groups in total. The van der Waals surface area contributed by atoms with Crippen molar-refractivity contribution in [1.82, 2.24) is 5.43 Å². The molecule has 1 amide bonds. The molecular formula is C27H28ClN3O5S. The standard InChI is InChI=1S/C27H28ClN3O5S/c1-5-14-36-25-13-7-21(16-26(25)35-4)17-29-30-27(32)18-31(23-10-6-19(2)20(3)15-23)37(33,34)24-11-8-22(28)9-12-24/h5-13,15-17H,1,14,18H2,2-4H3,(H,30,32)/b29-17-. The minimum Gasteiger partial charge on any atom is -0.493 e. The molecule has 0 saturated carbocycles. The monoisotopic (exact) mass is 541 g/mol. The summed E-state index contributed by atoms with van der Waals surface area (Å²) in [6.45, 7) is 7.26. The lowest BCUT2D eigenvalue weighted by atomic mass is 10.1. The van der Waals surface area contributed by atoms with Gasteiger partial charge in [-0.15, -0.1) is 0 Å². The summed E-state index contributed by atoms with van der Waals surface area (Å²) < 4.78 is 38.9. The summed E-state index contributed by atoms with van der Waals surface area (Å²) >= 11 is 5.93. The SMILES string of the molecule is C=CCOc1ccc(/C=N\NC(=O)CN(c2ccc(C)c(C)c2)S(=O)(=O)c2ccc(Cl)cc2)cc1OC. The Morgan fingerprint density at radius 1 is 1.05 bits per heavy atom. The number of nitrogens with one attached hydrogen (secondary N) is 1. The van der Waals surface area contributed by atoms with Gasteiger partial charge in [-0.2, -0.15) is 5.10 Å². The van der Waals surface area contributed by atoms with Gasteiger partial charge in [0, 0.05) is 5.02 Å². The van der Waals surface area contributed by atoms with Gasteiger partial charge in [0.15, 0.2) is 11.5 Å². The fourth-order valence-corrected chi connectivity index (χ4v) is 4.85. The molecule has 0 heterocycles. The number of halogens is 1. The number of amides is 1. The second-order valence-electron chi connectivity index (χ2n) is 8.04. The maximum atomic E-state index is 13.5.